The van der Waals surface area contributed by atoms with Crippen molar-refractivity contribution in [1.29, 1.82) is 0 Å². The van der Waals surface area contributed by atoms with E-state index in [1.807, 2.05) is 0 Å². The zero-order valence-corrected chi connectivity index (χ0v) is 39.1. The first-order valence-corrected chi connectivity index (χ1v) is 23.8. The maximum atomic E-state index is 13.0. The van der Waals surface area contributed by atoms with Gasteiger partial charge in [-0.25, -0.2) is 0 Å². The molecule has 0 radical (unpaired) electrons. The number of ether oxygens (including phenoxy) is 6. The molecule has 2 fully saturated rings. The van der Waals surface area contributed by atoms with Gasteiger partial charge in [-0.15, -0.1) is 0 Å². The van der Waals surface area contributed by atoms with E-state index >= 15 is 0 Å². The molecule has 66 heavy (non-hydrogen) atoms. The number of unbranched alkanes of at least 4 members (excludes halogenated alkanes) is 4. The largest absolute Gasteiger partial charge is 0.462 e. The molecule has 2 saturated heterocycles. The third kappa shape index (κ3) is 25.5. The summed E-state index contributed by atoms with van der Waals surface area (Å²) in [6.07, 6.45) is 28.8. The van der Waals surface area contributed by atoms with E-state index in [9.17, 15) is 45.3 Å². The van der Waals surface area contributed by atoms with Gasteiger partial charge in [-0.05, 0) is 89.9 Å². The average molecular weight is 933 g/mol. The summed E-state index contributed by atoms with van der Waals surface area (Å²) >= 11 is 0. The van der Waals surface area contributed by atoms with Crippen LogP contribution in [0, 0.1) is 0 Å². The molecule has 2 rings (SSSR count). The highest BCUT2D eigenvalue weighted by molar-refractivity contribution is 5.70. The first kappa shape index (κ1) is 58.5. The molecule has 11 atom stereocenters. The van der Waals surface area contributed by atoms with Crippen molar-refractivity contribution in [3.8, 4) is 0 Å². The van der Waals surface area contributed by atoms with Crippen LogP contribution < -0.4 is 0 Å². The van der Waals surface area contributed by atoms with Gasteiger partial charge < -0.3 is 64.2 Å². The lowest BCUT2D eigenvalue weighted by atomic mass is 9.98. The van der Waals surface area contributed by atoms with Crippen molar-refractivity contribution in [2.75, 3.05) is 26.4 Å². The number of allylic oxidation sites excluding steroid dienone is 16. The summed E-state index contributed by atoms with van der Waals surface area (Å²) in [7, 11) is 0. The van der Waals surface area contributed by atoms with Crippen molar-refractivity contribution in [3.05, 3.63) is 97.2 Å². The Hall–Kier alpha value is -3.58. The standard InChI is InChI=1S/C51H80O15/c1-3-5-7-9-11-13-15-17-19-21-23-25-27-29-31-33-42(53)61-36-39(64-43(54)34-32-30-28-26-24-22-20-18-16-14-12-10-8-6-4-2)37-62-50-49(60)47(58)45(56)41(66-50)38-63-51-48(59)46(57)44(55)40(35-52)65-51/h5-8,11-14,17-20,23-26,39-41,44-52,55-60H,3-4,9-10,15-16,21-22,27-38H2,1-2H3/b7-5-,8-6-,13-11-,14-12-,19-17-,20-18-,25-23-,26-24-/t39-,40-,41-,44+,45+,46+,47+,48-,49-,50-,51-/m1/s1. The van der Waals surface area contributed by atoms with Gasteiger partial charge in [-0.2, -0.15) is 0 Å². The van der Waals surface area contributed by atoms with E-state index in [1.54, 1.807) is 0 Å². The highest BCUT2D eigenvalue weighted by Gasteiger charge is 2.47. The minimum absolute atomic E-state index is 0.0973. The highest BCUT2D eigenvalue weighted by atomic mass is 16.7. The van der Waals surface area contributed by atoms with Gasteiger partial charge >= 0.3 is 11.9 Å². The number of rotatable bonds is 34. The Bertz CT molecular complexity index is 1520. The van der Waals surface area contributed by atoms with E-state index < -0.39 is 99.3 Å². The Balaban J connectivity index is 1.88. The number of hydrogen-bond acceptors (Lipinski definition) is 15. The number of hydrogen-bond donors (Lipinski definition) is 7. The summed E-state index contributed by atoms with van der Waals surface area (Å²) in [6.45, 7) is 2.23. The molecule has 374 valence electrons. The lowest BCUT2D eigenvalue weighted by molar-refractivity contribution is -0.332. The Labute approximate surface area is 392 Å². The van der Waals surface area contributed by atoms with E-state index in [0.29, 0.717) is 12.8 Å². The van der Waals surface area contributed by atoms with Crippen LogP contribution in [0.25, 0.3) is 0 Å². The molecule has 0 saturated carbocycles. The number of carbonyl (C=O) groups excluding carboxylic acids is 2. The fourth-order valence-corrected chi connectivity index (χ4v) is 6.67. The van der Waals surface area contributed by atoms with E-state index in [-0.39, 0.29) is 19.4 Å². The Morgan fingerprint density at radius 1 is 0.485 bits per heavy atom. The Morgan fingerprint density at radius 2 is 0.894 bits per heavy atom. The number of aliphatic hydroxyl groups is 7. The highest BCUT2D eigenvalue weighted by Crippen LogP contribution is 2.26. The van der Waals surface area contributed by atoms with Gasteiger partial charge in [0, 0.05) is 12.8 Å². The third-order valence-corrected chi connectivity index (χ3v) is 10.6. The molecule has 0 aromatic heterocycles. The summed E-state index contributed by atoms with van der Waals surface area (Å²) < 4.78 is 33.4. The van der Waals surface area contributed by atoms with Gasteiger partial charge in [0.1, 0.15) is 55.4 Å². The molecule has 7 N–H and O–H groups in total. The van der Waals surface area contributed by atoms with Gasteiger partial charge in [0.25, 0.3) is 0 Å². The molecule has 0 spiro atoms. The van der Waals surface area contributed by atoms with E-state index in [4.69, 9.17) is 28.4 Å². The second-order valence-electron chi connectivity index (χ2n) is 16.2. The first-order valence-electron chi connectivity index (χ1n) is 23.8. The van der Waals surface area contributed by atoms with E-state index in [2.05, 4.69) is 111 Å². The summed E-state index contributed by atoms with van der Waals surface area (Å²) in [4.78, 5) is 25.7. The minimum atomic E-state index is -1.78. The maximum Gasteiger partial charge on any atom is 0.306 e. The Kier molecular flexibility index (Phi) is 33.2. The molecule has 2 aliphatic heterocycles. The monoisotopic (exact) mass is 933 g/mol. The van der Waals surface area contributed by atoms with Crippen LogP contribution in [0.5, 0.6) is 0 Å². The predicted octanol–water partition coefficient (Wildman–Crippen LogP) is 5.81. The van der Waals surface area contributed by atoms with Crippen molar-refractivity contribution >= 4 is 11.9 Å². The molecule has 15 nitrogen and oxygen atoms in total. The lowest BCUT2D eigenvalue weighted by Gasteiger charge is -2.42. The smallest absolute Gasteiger partial charge is 0.306 e. The van der Waals surface area contributed by atoms with Gasteiger partial charge in [-0.1, -0.05) is 111 Å². The van der Waals surface area contributed by atoms with Crippen molar-refractivity contribution in [2.45, 2.75) is 184 Å². The molecule has 0 amide bonds. The third-order valence-electron chi connectivity index (χ3n) is 10.6. The molecule has 2 aliphatic rings. The average Bonchev–Trinajstić information content (AvgIpc) is 3.31. The van der Waals surface area contributed by atoms with Crippen LogP contribution in [0.15, 0.2) is 97.2 Å². The molecule has 0 bridgehead atoms. The molecule has 2 heterocycles. The molecular weight excluding hydrogens is 853 g/mol. The quantitative estimate of drug-likeness (QED) is 0.0229. The van der Waals surface area contributed by atoms with Crippen LogP contribution in [0.1, 0.15) is 117 Å². The number of carbonyl (C=O) groups is 2. The molecular formula is C51H80O15. The Morgan fingerprint density at radius 3 is 1.36 bits per heavy atom. The summed E-state index contributed by atoms with van der Waals surface area (Å²) in [6, 6.07) is 0. The van der Waals surface area contributed by atoms with Gasteiger partial charge in [-0.3, -0.25) is 9.59 Å². The second kappa shape index (κ2) is 37.4. The van der Waals surface area contributed by atoms with Crippen LogP contribution in [0.3, 0.4) is 0 Å². The van der Waals surface area contributed by atoms with Gasteiger partial charge in [0.05, 0.1) is 19.8 Å². The van der Waals surface area contributed by atoms with Crippen molar-refractivity contribution in [1.82, 2.24) is 0 Å². The zero-order chi connectivity index (χ0) is 48.2. The number of aliphatic hydroxyl groups excluding tert-OH is 7. The molecule has 0 unspecified atom stereocenters. The SMILES string of the molecule is CC/C=C\C/C=C\C/C=C\C/C=C\CCCCC(=O)OC[C@H](CO[C@@H]1O[C@H](CO[C@@H]2O[C@H](CO)[C@H](O)[C@H](O)[C@H]2O)[C@H](O)[C@H](O)[C@H]1O)OC(=O)CCCC/C=C\C/C=C\C/C=C\C/C=C\CC. The maximum absolute atomic E-state index is 13.0. The minimum Gasteiger partial charge on any atom is -0.462 e. The van der Waals surface area contributed by atoms with Gasteiger partial charge in [0.15, 0.2) is 18.7 Å². The summed E-state index contributed by atoms with van der Waals surface area (Å²) in [5.41, 5.74) is 0. The lowest BCUT2D eigenvalue weighted by Crippen LogP contribution is -2.61. The summed E-state index contributed by atoms with van der Waals surface area (Å²) in [5.74, 6) is -1.04. The van der Waals surface area contributed by atoms with Crippen molar-refractivity contribution < 1.29 is 73.8 Å². The molecule has 0 aromatic rings. The molecule has 0 aliphatic carbocycles. The van der Waals surface area contributed by atoms with Crippen molar-refractivity contribution in [2.24, 2.45) is 0 Å². The zero-order valence-electron chi connectivity index (χ0n) is 39.1. The van der Waals surface area contributed by atoms with Crippen LogP contribution in [-0.4, -0.2) is 142 Å². The normalized spacial score (nSPS) is 27.0. The summed E-state index contributed by atoms with van der Waals surface area (Å²) in [5, 5.41) is 72.0. The van der Waals surface area contributed by atoms with Crippen LogP contribution in [0.2, 0.25) is 0 Å². The topological polar surface area (TPSA) is 231 Å². The van der Waals surface area contributed by atoms with Gasteiger partial charge in [0.2, 0.25) is 0 Å². The molecule has 15 heteroatoms. The first-order chi connectivity index (χ1) is 32.0. The fourth-order valence-electron chi connectivity index (χ4n) is 6.67. The van der Waals surface area contributed by atoms with Crippen molar-refractivity contribution in [3.63, 3.8) is 0 Å². The van der Waals surface area contributed by atoms with Crippen LogP contribution >= 0.6 is 0 Å². The second-order valence-corrected chi connectivity index (χ2v) is 16.2. The van der Waals surface area contributed by atoms with E-state index in [1.165, 1.54) is 0 Å². The van der Waals surface area contributed by atoms with Crippen LogP contribution in [-0.2, 0) is 38.0 Å². The number of esters is 2. The molecule has 0 aromatic carbocycles. The van der Waals surface area contributed by atoms with Crippen LogP contribution in [0.4, 0.5) is 0 Å². The fraction of sp³-hybridized carbons (Fsp3) is 0.647. The predicted molar refractivity (Wildman–Crippen MR) is 252 cm³/mol. The van der Waals surface area contributed by atoms with E-state index in [0.717, 1.165) is 77.0 Å².